The Kier molecular flexibility index (Phi) is 5.26. The summed E-state index contributed by atoms with van der Waals surface area (Å²) in [5.41, 5.74) is 8.44. The van der Waals surface area contributed by atoms with Crippen LogP contribution in [0, 0.1) is 0 Å². The van der Waals surface area contributed by atoms with Crippen molar-refractivity contribution >= 4 is 23.3 Å². The average molecular weight is 353 g/mol. The normalized spacial score (nSPS) is 10.4. The van der Waals surface area contributed by atoms with Crippen molar-refractivity contribution in [1.82, 2.24) is 10.2 Å². The summed E-state index contributed by atoms with van der Waals surface area (Å²) in [4.78, 5) is 11.3. The monoisotopic (exact) mass is 352 g/mol. The van der Waals surface area contributed by atoms with Crippen molar-refractivity contribution in [3.8, 4) is 11.3 Å². The number of hydrogen-bond acceptors (Lipinski definition) is 4. The highest BCUT2D eigenvalue weighted by atomic mass is 35.5. The van der Waals surface area contributed by atoms with Gasteiger partial charge in [-0.1, -0.05) is 35.9 Å². The van der Waals surface area contributed by atoms with E-state index < -0.39 is 5.91 Å². The molecule has 1 aromatic heterocycles. The third kappa shape index (κ3) is 4.55. The topological polar surface area (TPSA) is 80.9 Å². The molecule has 0 fully saturated rings. The van der Waals surface area contributed by atoms with E-state index in [1.54, 1.807) is 18.2 Å². The van der Waals surface area contributed by atoms with Gasteiger partial charge < -0.3 is 11.1 Å². The standard InChI is InChI=1S/C19H17ClN4O/c20-16-6-4-13(5-7-16)10-11-22-18-9-8-17(23-24-18)14-2-1-3-15(12-14)19(21)25/h1-9,12H,10-11H2,(H2,21,25)(H,22,24). The molecule has 3 rings (SSSR count). The smallest absolute Gasteiger partial charge is 0.248 e. The van der Waals surface area contributed by atoms with Crippen LogP contribution in [-0.2, 0) is 6.42 Å². The SMILES string of the molecule is NC(=O)c1cccc(-c2ccc(NCCc3ccc(Cl)cc3)nn2)c1. The molecule has 0 aliphatic heterocycles. The van der Waals surface area contributed by atoms with E-state index in [4.69, 9.17) is 17.3 Å². The van der Waals surface area contributed by atoms with Gasteiger partial charge in [0.15, 0.2) is 0 Å². The van der Waals surface area contributed by atoms with Crippen LogP contribution in [0.5, 0.6) is 0 Å². The number of halogens is 1. The number of rotatable bonds is 6. The first kappa shape index (κ1) is 16.9. The van der Waals surface area contributed by atoms with Gasteiger partial charge in [0.2, 0.25) is 5.91 Å². The zero-order valence-corrected chi connectivity index (χ0v) is 14.2. The van der Waals surface area contributed by atoms with Gasteiger partial charge >= 0.3 is 0 Å². The molecule has 0 saturated heterocycles. The maximum atomic E-state index is 11.3. The Labute approximate surface area is 150 Å². The molecular weight excluding hydrogens is 336 g/mol. The van der Waals surface area contributed by atoms with E-state index in [0.717, 1.165) is 23.6 Å². The first-order chi connectivity index (χ1) is 12.1. The fourth-order valence-corrected chi connectivity index (χ4v) is 2.52. The largest absolute Gasteiger partial charge is 0.368 e. The lowest BCUT2D eigenvalue weighted by atomic mass is 10.1. The number of hydrogen-bond donors (Lipinski definition) is 2. The van der Waals surface area contributed by atoms with Gasteiger partial charge in [0, 0.05) is 22.7 Å². The van der Waals surface area contributed by atoms with Crippen molar-refractivity contribution in [1.29, 1.82) is 0 Å². The van der Waals surface area contributed by atoms with E-state index in [0.29, 0.717) is 17.1 Å². The highest BCUT2D eigenvalue weighted by molar-refractivity contribution is 6.30. The number of aromatic nitrogens is 2. The van der Waals surface area contributed by atoms with Crippen molar-refractivity contribution < 1.29 is 4.79 Å². The number of primary amides is 1. The minimum atomic E-state index is -0.463. The summed E-state index contributed by atoms with van der Waals surface area (Å²) in [6, 6.07) is 18.5. The van der Waals surface area contributed by atoms with Gasteiger partial charge in [0.1, 0.15) is 5.82 Å². The van der Waals surface area contributed by atoms with E-state index in [-0.39, 0.29) is 0 Å². The predicted octanol–water partition coefficient (Wildman–Crippen LogP) is 3.55. The van der Waals surface area contributed by atoms with Gasteiger partial charge in [0.25, 0.3) is 0 Å². The molecule has 2 aromatic carbocycles. The van der Waals surface area contributed by atoms with E-state index >= 15 is 0 Å². The number of nitrogens with zero attached hydrogens (tertiary/aromatic N) is 2. The molecule has 0 spiro atoms. The van der Waals surface area contributed by atoms with Crippen molar-refractivity contribution in [2.45, 2.75) is 6.42 Å². The molecule has 0 unspecified atom stereocenters. The summed E-state index contributed by atoms with van der Waals surface area (Å²) < 4.78 is 0. The number of anilines is 1. The molecule has 0 aliphatic rings. The van der Waals surface area contributed by atoms with Crippen LogP contribution in [0.4, 0.5) is 5.82 Å². The lowest BCUT2D eigenvalue weighted by molar-refractivity contribution is 0.100. The van der Waals surface area contributed by atoms with Gasteiger partial charge in [-0.2, -0.15) is 0 Å². The number of carbonyl (C=O) groups is 1. The quantitative estimate of drug-likeness (QED) is 0.710. The van der Waals surface area contributed by atoms with Crippen LogP contribution in [-0.4, -0.2) is 22.6 Å². The summed E-state index contributed by atoms with van der Waals surface area (Å²) in [7, 11) is 0. The molecule has 1 heterocycles. The molecule has 5 nitrogen and oxygen atoms in total. The maximum absolute atomic E-state index is 11.3. The lowest BCUT2D eigenvalue weighted by Crippen LogP contribution is -2.10. The Morgan fingerprint density at radius 3 is 2.52 bits per heavy atom. The molecule has 0 aliphatic carbocycles. The van der Waals surface area contributed by atoms with Gasteiger partial charge in [-0.15, -0.1) is 10.2 Å². The second-order valence-corrected chi connectivity index (χ2v) is 5.99. The fraction of sp³-hybridized carbons (Fsp3) is 0.105. The number of amides is 1. The molecule has 3 aromatic rings. The van der Waals surface area contributed by atoms with Crippen LogP contribution in [0.1, 0.15) is 15.9 Å². The number of carbonyl (C=O) groups excluding carboxylic acids is 1. The van der Waals surface area contributed by atoms with Gasteiger partial charge in [-0.05, 0) is 48.4 Å². The predicted molar refractivity (Wildman–Crippen MR) is 99.6 cm³/mol. The first-order valence-electron chi connectivity index (χ1n) is 7.84. The van der Waals surface area contributed by atoms with Crippen LogP contribution in [0.2, 0.25) is 5.02 Å². The minimum Gasteiger partial charge on any atom is -0.368 e. The van der Waals surface area contributed by atoms with Crippen molar-refractivity contribution in [3.63, 3.8) is 0 Å². The Hall–Kier alpha value is -2.92. The summed E-state index contributed by atoms with van der Waals surface area (Å²) >= 11 is 5.87. The highest BCUT2D eigenvalue weighted by Crippen LogP contribution is 2.18. The van der Waals surface area contributed by atoms with E-state index in [9.17, 15) is 4.79 Å². The summed E-state index contributed by atoms with van der Waals surface area (Å²) in [6.07, 6.45) is 0.862. The number of nitrogens with one attached hydrogen (secondary N) is 1. The molecule has 3 N–H and O–H groups in total. The van der Waals surface area contributed by atoms with Crippen molar-refractivity contribution in [2.75, 3.05) is 11.9 Å². The van der Waals surface area contributed by atoms with Crippen LogP contribution in [0.25, 0.3) is 11.3 Å². The van der Waals surface area contributed by atoms with Crippen LogP contribution < -0.4 is 11.1 Å². The molecule has 25 heavy (non-hydrogen) atoms. The second kappa shape index (κ2) is 7.77. The maximum Gasteiger partial charge on any atom is 0.248 e. The van der Waals surface area contributed by atoms with Gasteiger partial charge in [-0.3, -0.25) is 4.79 Å². The Balaban J connectivity index is 1.61. The van der Waals surface area contributed by atoms with Crippen molar-refractivity contribution in [2.24, 2.45) is 5.73 Å². The summed E-state index contributed by atoms with van der Waals surface area (Å²) in [5, 5.41) is 12.4. The minimum absolute atomic E-state index is 0.449. The number of benzene rings is 2. The third-order valence-electron chi connectivity index (χ3n) is 3.74. The Bertz CT molecular complexity index is 863. The molecular formula is C19H17ClN4O. The first-order valence-corrected chi connectivity index (χ1v) is 8.22. The third-order valence-corrected chi connectivity index (χ3v) is 3.99. The van der Waals surface area contributed by atoms with E-state index in [1.807, 2.05) is 42.5 Å². The summed E-state index contributed by atoms with van der Waals surface area (Å²) in [5.74, 6) is 0.235. The zero-order chi connectivity index (χ0) is 17.6. The van der Waals surface area contributed by atoms with Gasteiger partial charge in [-0.25, -0.2) is 0 Å². The average Bonchev–Trinajstić information content (AvgIpc) is 2.64. The van der Waals surface area contributed by atoms with Crippen LogP contribution in [0.15, 0.2) is 60.7 Å². The molecule has 0 radical (unpaired) electrons. The molecule has 6 heteroatoms. The summed E-state index contributed by atoms with van der Waals surface area (Å²) in [6.45, 7) is 0.743. The Morgan fingerprint density at radius 2 is 1.84 bits per heavy atom. The molecule has 0 saturated carbocycles. The van der Waals surface area contributed by atoms with Crippen molar-refractivity contribution in [3.05, 3.63) is 76.8 Å². The van der Waals surface area contributed by atoms with E-state index in [1.165, 1.54) is 5.56 Å². The molecule has 1 amide bonds. The molecule has 126 valence electrons. The van der Waals surface area contributed by atoms with Gasteiger partial charge in [0.05, 0.1) is 5.69 Å². The second-order valence-electron chi connectivity index (χ2n) is 5.55. The van der Waals surface area contributed by atoms with Crippen LogP contribution >= 0.6 is 11.6 Å². The highest BCUT2D eigenvalue weighted by Gasteiger charge is 2.05. The van der Waals surface area contributed by atoms with Crippen LogP contribution in [0.3, 0.4) is 0 Å². The number of nitrogens with two attached hydrogens (primary N) is 1. The Morgan fingerprint density at radius 1 is 1.04 bits per heavy atom. The fourth-order valence-electron chi connectivity index (χ4n) is 2.40. The lowest BCUT2D eigenvalue weighted by Gasteiger charge is -2.07. The molecule has 0 atom stereocenters. The zero-order valence-electron chi connectivity index (χ0n) is 13.4. The molecule has 0 bridgehead atoms. The van der Waals surface area contributed by atoms with E-state index in [2.05, 4.69) is 15.5 Å².